The third-order valence-corrected chi connectivity index (χ3v) is 6.52. The molecule has 1 aliphatic heterocycles. The van der Waals surface area contributed by atoms with Crippen molar-refractivity contribution >= 4 is 29.6 Å². The first kappa shape index (κ1) is 21.6. The molecule has 1 aromatic heterocycles. The van der Waals surface area contributed by atoms with E-state index in [1.165, 1.54) is 11.8 Å². The van der Waals surface area contributed by atoms with Crippen LogP contribution in [0.15, 0.2) is 72.0 Å². The topological polar surface area (TPSA) is 96.3 Å². The number of hydrogen-bond acceptors (Lipinski definition) is 5. The van der Waals surface area contributed by atoms with Gasteiger partial charge in [-0.25, -0.2) is 9.78 Å². The number of hydrazine groups is 1. The van der Waals surface area contributed by atoms with E-state index in [0.717, 1.165) is 16.3 Å². The van der Waals surface area contributed by atoms with Crippen LogP contribution in [0.1, 0.15) is 18.9 Å². The first-order chi connectivity index (χ1) is 15.5. The molecule has 1 aliphatic rings. The van der Waals surface area contributed by atoms with Crippen molar-refractivity contribution in [2.24, 2.45) is 7.05 Å². The Morgan fingerprint density at radius 2 is 1.75 bits per heavy atom. The lowest BCUT2D eigenvalue weighted by Gasteiger charge is -2.25. The molecule has 1 saturated heterocycles. The minimum atomic E-state index is -1.19. The smallest absolute Gasteiger partial charge is 0.322 e. The second kappa shape index (κ2) is 8.88. The van der Waals surface area contributed by atoms with E-state index >= 15 is 0 Å². The predicted octanol–water partition coefficient (Wildman–Crippen LogP) is 3.07. The van der Waals surface area contributed by atoms with Gasteiger partial charge in [0.05, 0.1) is 17.6 Å². The van der Waals surface area contributed by atoms with Crippen molar-refractivity contribution in [3.63, 3.8) is 0 Å². The third kappa shape index (κ3) is 3.87. The fourth-order valence-corrected chi connectivity index (χ4v) is 4.47. The van der Waals surface area contributed by atoms with Gasteiger partial charge in [0.1, 0.15) is 5.54 Å². The average molecular weight is 450 g/mol. The summed E-state index contributed by atoms with van der Waals surface area (Å²) in [4.78, 5) is 42.5. The highest BCUT2D eigenvalue weighted by Gasteiger charge is 2.52. The molecular formula is C23H23N5O3S. The Balaban J connectivity index is 1.42. The Morgan fingerprint density at radius 1 is 1.09 bits per heavy atom. The SMILES string of the molecule is CCC1(c2ccccc2)NC(=O)N(NC(=O)CSc2ncc(-c3ccccc3)n2C)C1=O. The van der Waals surface area contributed by atoms with Crippen LogP contribution in [0.3, 0.4) is 0 Å². The van der Waals surface area contributed by atoms with Crippen LogP contribution in [0, 0.1) is 0 Å². The minimum absolute atomic E-state index is 0.000600. The Hall–Kier alpha value is -3.59. The number of nitrogens with zero attached hydrogens (tertiary/aromatic N) is 3. The molecule has 164 valence electrons. The number of nitrogens with one attached hydrogen (secondary N) is 2. The Labute approximate surface area is 190 Å². The molecule has 4 rings (SSSR count). The highest BCUT2D eigenvalue weighted by atomic mass is 32.2. The molecule has 0 bridgehead atoms. The normalized spacial score (nSPS) is 18.0. The summed E-state index contributed by atoms with van der Waals surface area (Å²) in [6, 6.07) is 18.2. The molecule has 1 atom stereocenters. The van der Waals surface area contributed by atoms with Crippen LogP contribution in [-0.2, 0) is 22.2 Å². The third-order valence-electron chi connectivity index (χ3n) is 5.47. The maximum Gasteiger partial charge on any atom is 0.344 e. The van der Waals surface area contributed by atoms with Crippen molar-refractivity contribution in [1.29, 1.82) is 0 Å². The Kier molecular flexibility index (Phi) is 6.00. The highest BCUT2D eigenvalue weighted by Crippen LogP contribution is 2.31. The average Bonchev–Trinajstić information content (AvgIpc) is 3.31. The lowest BCUT2D eigenvalue weighted by molar-refractivity contribution is -0.138. The number of imide groups is 1. The van der Waals surface area contributed by atoms with Gasteiger partial charge in [-0.2, -0.15) is 5.01 Å². The fraction of sp³-hybridized carbons (Fsp3) is 0.217. The summed E-state index contributed by atoms with van der Waals surface area (Å²) in [6.45, 7) is 1.82. The van der Waals surface area contributed by atoms with Gasteiger partial charge in [0.25, 0.3) is 5.91 Å². The first-order valence-electron chi connectivity index (χ1n) is 10.2. The quantitative estimate of drug-likeness (QED) is 0.427. The number of amides is 4. The van der Waals surface area contributed by atoms with Crippen LogP contribution in [0.25, 0.3) is 11.3 Å². The molecule has 32 heavy (non-hydrogen) atoms. The number of aromatic nitrogens is 2. The van der Waals surface area contributed by atoms with E-state index in [2.05, 4.69) is 15.7 Å². The van der Waals surface area contributed by atoms with Crippen molar-refractivity contribution in [1.82, 2.24) is 25.3 Å². The summed E-state index contributed by atoms with van der Waals surface area (Å²) in [6.07, 6.45) is 2.11. The molecule has 1 fully saturated rings. The summed E-state index contributed by atoms with van der Waals surface area (Å²) < 4.78 is 1.90. The van der Waals surface area contributed by atoms with Gasteiger partial charge in [0, 0.05) is 7.05 Å². The second-order valence-electron chi connectivity index (χ2n) is 7.37. The van der Waals surface area contributed by atoms with Crippen LogP contribution >= 0.6 is 11.8 Å². The molecule has 2 aromatic carbocycles. The van der Waals surface area contributed by atoms with Gasteiger partial charge in [0.2, 0.25) is 5.91 Å². The minimum Gasteiger partial charge on any atom is -0.322 e. The Morgan fingerprint density at radius 3 is 2.41 bits per heavy atom. The van der Waals surface area contributed by atoms with Crippen molar-refractivity contribution in [3.8, 4) is 11.3 Å². The van der Waals surface area contributed by atoms with Crippen molar-refractivity contribution in [3.05, 3.63) is 72.4 Å². The van der Waals surface area contributed by atoms with Crippen LogP contribution < -0.4 is 10.7 Å². The van der Waals surface area contributed by atoms with E-state index in [4.69, 9.17) is 0 Å². The lowest BCUT2D eigenvalue weighted by Crippen LogP contribution is -2.49. The number of rotatable bonds is 7. The fourth-order valence-electron chi connectivity index (χ4n) is 3.73. The largest absolute Gasteiger partial charge is 0.344 e. The standard InChI is InChI=1S/C23H23N5O3S/c1-3-23(17-12-8-5-9-13-17)20(30)28(21(31)25-23)26-19(29)15-32-22-24-14-18(27(22)2)16-10-6-4-7-11-16/h4-14H,3,15H2,1-2H3,(H,25,31)(H,26,29). The van der Waals surface area contributed by atoms with E-state index < -0.39 is 23.4 Å². The molecule has 0 aliphatic carbocycles. The van der Waals surface area contributed by atoms with Crippen molar-refractivity contribution in [2.75, 3.05) is 5.75 Å². The summed E-state index contributed by atoms with van der Waals surface area (Å²) in [5.41, 5.74) is 3.88. The van der Waals surface area contributed by atoms with Gasteiger partial charge in [0.15, 0.2) is 5.16 Å². The molecule has 0 saturated carbocycles. The maximum atomic E-state index is 13.1. The molecule has 2 N–H and O–H groups in total. The van der Waals surface area contributed by atoms with Crippen molar-refractivity contribution < 1.29 is 14.4 Å². The van der Waals surface area contributed by atoms with E-state index in [-0.39, 0.29) is 5.75 Å². The summed E-state index contributed by atoms with van der Waals surface area (Å²) in [7, 11) is 1.88. The van der Waals surface area contributed by atoms with Gasteiger partial charge in [-0.15, -0.1) is 0 Å². The molecule has 4 amide bonds. The summed E-state index contributed by atoms with van der Waals surface area (Å²) >= 11 is 1.23. The number of carbonyl (C=O) groups is 3. The lowest BCUT2D eigenvalue weighted by atomic mass is 9.87. The van der Waals surface area contributed by atoms with Crippen LogP contribution in [0.2, 0.25) is 0 Å². The van der Waals surface area contributed by atoms with E-state index in [9.17, 15) is 14.4 Å². The first-order valence-corrected chi connectivity index (χ1v) is 11.2. The van der Waals surface area contributed by atoms with Crippen molar-refractivity contribution in [2.45, 2.75) is 24.0 Å². The molecule has 9 heteroatoms. The van der Waals surface area contributed by atoms with Gasteiger partial charge in [-0.3, -0.25) is 15.0 Å². The Bertz CT molecular complexity index is 1150. The monoisotopic (exact) mass is 449 g/mol. The highest BCUT2D eigenvalue weighted by molar-refractivity contribution is 7.99. The molecule has 2 heterocycles. The second-order valence-corrected chi connectivity index (χ2v) is 8.31. The van der Waals surface area contributed by atoms with Gasteiger partial charge < -0.3 is 9.88 Å². The molecule has 0 radical (unpaired) electrons. The molecule has 8 nitrogen and oxygen atoms in total. The number of benzene rings is 2. The van der Waals surface area contributed by atoms with Crippen LogP contribution in [0.4, 0.5) is 4.79 Å². The molecule has 3 aromatic rings. The van der Waals surface area contributed by atoms with Gasteiger partial charge >= 0.3 is 6.03 Å². The summed E-state index contributed by atoms with van der Waals surface area (Å²) in [5.74, 6) is -0.971. The van der Waals surface area contributed by atoms with Crippen LogP contribution in [0.5, 0.6) is 0 Å². The maximum absolute atomic E-state index is 13.1. The number of thioether (sulfide) groups is 1. The molecular weight excluding hydrogens is 426 g/mol. The zero-order valence-corrected chi connectivity index (χ0v) is 18.6. The zero-order valence-electron chi connectivity index (χ0n) is 17.7. The number of urea groups is 1. The summed E-state index contributed by atoms with van der Waals surface area (Å²) in [5, 5.41) is 4.17. The molecule has 0 spiro atoms. The predicted molar refractivity (Wildman–Crippen MR) is 121 cm³/mol. The number of hydrogen-bond donors (Lipinski definition) is 2. The zero-order chi connectivity index (χ0) is 22.7. The van der Waals surface area contributed by atoms with Crippen LogP contribution in [-0.4, -0.2) is 38.2 Å². The van der Waals surface area contributed by atoms with E-state index in [1.807, 2.05) is 54.9 Å². The number of carbonyl (C=O) groups excluding carboxylic acids is 3. The van der Waals surface area contributed by atoms with Gasteiger partial charge in [-0.05, 0) is 17.5 Å². The number of imidazole rings is 1. The van der Waals surface area contributed by atoms with E-state index in [0.29, 0.717) is 17.1 Å². The molecule has 1 unspecified atom stereocenters. The van der Waals surface area contributed by atoms with Gasteiger partial charge in [-0.1, -0.05) is 79.3 Å². The van der Waals surface area contributed by atoms with E-state index in [1.54, 1.807) is 30.5 Å².